The highest BCUT2D eigenvalue weighted by Crippen LogP contribution is 2.08. The van der Waals surface area contributed by atoms with E-state index in [0.29, 0.717) is 12.8 Å². The molecular weight excluding hydrogens is 165 g/mol. The van der Waals surface area contributed by atoms with Crippen LogP contribution in [0, 0.1) is 11.3 Å². The molecular formula is C11H12FN. The third kappa shape index (κ3) is 3.25. The Labute approximate surface area is 77.8 Å². The van der Waals surface area contributed by atoms with Gasteiger partial charge in [0, 0.05) is 6.42 Å². The minimum absolute atomic E-state index is 0.422. The normalized spacial score (nSPS) is 12.1. The first-order valence-electron chi connectivity index (χ1n) is 4.31. The van der Waals surface area contributed by atoms with E-state index in [1.165, 1.54) is 0 Å². The molecule has 0 aliphatic carbocycles. The van der Waals surface area contributed by atoms with Gasteiger partial charge in [-0.25, -0.2) is 4.39 Å². The van der Waals surface area contributed by atoms with Crippen LogP contribution in [0.1, 0.15) is 18.1 Å². The highest BCUT2D eigenvalue weighted by atomic mass is 19.1. The first-order chi connectivity index (χ1) is 6.22. The molecule has 0 heterocycles. The Balaban J connectivity index is 2.65. The van der Waals surface area contributed by atoms with Crippen molar-refractivity contribution in [1.29, 1.82) is 5.26 Å². The topological polar surface area (TPSA) is 23.8 Å². The van der Waals surface area contributed by atoms with Crippen molar-refractivity contribution in [3.05, 3.63) is 35.4 Å². The predicted molar refractivity (Wildman–Crippen MR) is 50.0 cm³/mol. The molecule has 0 aliphatic rings. The van der Waals surface area contributed by atoms with Gasteiger partial charge in [0.05, 0.1) is 12.5 Å². The van der Waals surface area contributed by atoms with E-state index in [9.17, 15) is 4.39 Å². The number of alkyl halides is 1. The fourth-order valence-electron chi connectivity index (χ4n) is 1.21. The number of rotatable bonds is 3. The summed E-state index contributed by atoms with van der Waals surface area (Å²) in [5.74, 6) is 0. The van der Waals surface area contributed by atoms with Gasteiger partial charge < -0.3 is 0 Å². The fraction of sp³-hybridized carbons (Fsp3) is 0.364. The molecule has 0 saturated heterocycles. The largest absolute Gasteiger partial charge is 0.247 e. The second-order valence-corrected chi connectivity index (χ2v) is 3.14. The molecule has 68 valence electrons. The van der Waals surface area contributed by atoms with Crippen LogP contribution in [0.3, 0.4) is 0 Å². The minimum Gasteiger partial charge on any atom is -0.247 e. The van der Waals surface area contributed by atoms with Crippen LogP contribution in [0.5, 0.6) is 0 Å². The molecule has 0 fully saturated rings. The first-order valence-corrected chi connectivity index (χ1v) is 4.31. The summed E-state index contributed by atoms with van der Waals surface area (Å²) < 4.78 is 12.6. The summed E-state index contributed by atoms with van der Waals surface area (Å²) in [7, 11) is 0. The second kappa shape index (κ2) is 4.61. The van der Waals surface area contributed by atoms with Crippen molar-refractivity contribution in [2.45, 2.75) is 25.9 Å². The Bertz CT molecular complexity index is 295. The van der Waals surface area contributed by atoms with E-state index >= 15 is 0 Å². The Hall–Kier alpha value is -1.36. The molecule has 0 N–H and O–H groups in total. The zero-order valence-corrected chi connectivity index (χ0v) is 7.63. The summed E-state index contributed by atoms with van der Waals surface area (Å²) in [5, 5.41) is 8.42. The molecule has 0 radical (unpaired) electrons. The van der Waals surface area contributed by atoms with E-state index in [-0.39, 0.29) is 0 Å². The van der Waals surface area contributed by atoms with Crippen molar-refractivity contribution in [1.82, 2.24) is 0 Å². The predicted octanol–water partition coefficient (Wildman–Crippen LogP) is 2.65. The Morgan fingerprint density at radius 1 is 1.31 bits per heavy atom. The van der Waals surface area contributed by atoms with Gasteiger partial charge in [-0.05, 0) is 18.1 Å². The molecule has 1 aromatic carbocycles. The first kappa shape index (κ1) is 9.73. The van der Waals surface area contributed by atoms with Crippen molar-refractivity contribution in [2.24, 2.45) is 0 Å². The number of hydrogen-bond donors (Lipinski definition) is 0. The summed E-state index contributed by atoms with van der Waals surface area (Å²) in [6.45, 7) is 1.54. The van der Waals surface area contributed by atoms with E-state index in [1.54, 1.807) is 6.92 Å². The SMILES string of the molecule is CC(F)Cc1ccc(CC#N)cc1. The third-order valence-electron chi connectivity index (χ3n) is 1.82. The molecule has 2 heteroatoms. The maximum absolute atomic E-state index is 12.6. The van der Waals surface area contributed by atoms with E-state index in [1.807, 2.05) is 24.3 Å². The summed E-state index contributed by atoms with van der Waals surface area (Å²) >= 11 is 0. The molecule has 0 aromatic heterocycles. The van der Waals surface area contributed by atoms with E-state index in [4.69, 9.17) is 5.26 Å². The van der Waals surface area contributed by atoms with E-state index in [0.717, 1.165) is 11.1 Å². The van der Waals surface area contributed by atoms with Gasteiger partial charge in [-0.3, -0.25) is 0 Å². The number of nitriles is 1. The van der Waals surface area contributed by atoms with Gasteiger partial charge in [0.1, 0.15) is 6.17 Å². The highest BCUT2D eigenvalue weighted by Gasteiger charge is 2.00. The molecule has 1 unspecified atom stereocenters. The summed E-state index contributed by atoms with van der Waals surface area (Å²) in [6, 6.07) is 9.58. The summed E-state index contributed by atoms with van der Waals surface area (Å²) in [4.78, 5) is 0. The van der Waals surface area contributed by atoms with Crippen molar-refractivity contribution in [3.8, 4) is 6.07 Å². The van der Waals surface area contributed by atoms with Crippen LogP contribution in [0.2, 0.25) is 0 Å². The minimum atomic E-state index is -0.804. The van der Waals surface area contributed by atoms with Gasteiger partial charge in [0.2, 0.25) is 0 Å². The smallest absolute Gasteiger partial charge is 0.101 e. The lowest BCUT2D eigenvalue weighted by Crippen LogP contribution is -1.98. The van der Waals surface area contributed by atoms with Gasteiger partial charge >= 0.3 is 0 Å². The van der Waals surface area contributed by atoms with Crippen molar-refractivity contribution in [3.63, 3.8) is 0 Å². The van der Waals surface area contributed by atoms with Gasteiger partial charge in [-0.15, -0.1) is 0 Å². The maximum Gasteiger partial charge on any atom is 0.101 e. The van der Waals surface area contributed by atoms with Crippen LogP contribution in [0.4, 0.5) is 4.39 Å². The standard InChI is InChI=1S/C11H12FN/c1-9(12)8-11-4-2-10(3-5-11)6-7-13/h2-5,9H,6,8H2,1H3. The maximum atomic E-state index is 12.6. The van der Waals surface area contributed by atoms with Gasteiger partial charge in [-0.1, -0.05) is 24.3 Å². The molecule has 0 amide bonds. The van der Waals surface area contributed by atoms with Crippen molar-refractivity contribution < 1.29 is 4.39 Å². The highest BCUT2D eigenvalue weighted by molar-refractivity contribution is 5.24. The van der Waals surface area contributed by atoms with Crippen LogP contribution in [0.25, 0.3) is 0 Å². The molecule has 0 saturated carbocycles. The van der Waals surface area contributed by atoms with Crippen LogP contribution in [0.15, 0.2) is 24.3 Å². The number of nitrogens with zero attached hydrogens (tertiary/aromatic N) is 1. The number of halogens is 1. The van der Waals surface area contributed by atoms with Crippen LogP contribution >= 0.6 is 0 Å². The molecule has 1 atom stereocenters. The van der Waals surface area contributed by atoms with Gasteiger partial charge in [0.15, 0.2) is 0 Å². The molecule has 0 bridgehead atoms. The summed E-state index contributed by atoms with van der Waals surface area (Å²) in [6.07, 6.45) is 0.0694. The lowest BCUT2D eigenvalue weighted by molar-refractivity contribution is 0.360. The quantitative estimate of drug-likeness (QED) is 0.696. The average Bonchev–Trinajstić information content (AvgIpc) is 2.08. The molecule has 1 aromatic rings. The second-order valence-electron chi connectivity index (χ2n) is 3.14. The van der Waals surface area contributed by atoms with Crippen LogP contribution < -0.4 is 0 Å². The van der Waals surface area contributed by atoms with E-state index in [2.05, 4.69) is 6.07 Å². The molecule has 1 rings (SSSR count). The zero-order valence-electron chi connectivity index (χ0n) is 7.63. The van der Waals surface area contributed by atoms with Gasteiger partial charge in [0.25, 0.3) is 0 Å². The summed E-state index contributed by atoms with van der Waals surface area (Å²) in [5.41, 5.74) is 1.97. The Morgan fingerprint density at radius 3 is 2.31 bits per heavy atom. The monoisotopic (exact) mass is 177 g/mol. The Morgan fingerprint density at radius 2 is 1.85 bits per heavy atom. The molecule has 0 aliphatic heterocycles. The van der Waals surface area contributed by atoms with Crippen molar-refractivity contribution >= 4 is 0 Å². The number of hydrogen-bond acceptors (Lipinski definition) is 1. The van der Waals surface area contributed by atoms with Crippen LogP contribution in [-0.4, -0.2) is 6.17 Å². The van der Waals surface area contributed by atoms with E-state index < -0.39 is 6.17 Å². The molecule has 13 heavy (non-hydrogen) atoms. The van der Waals surface area contributed by atoms with Crippen molar-refractivity contribution in [2.75, 3.05) is 0 Å². The number of benzene rings is 1. The third-order valence-corrected chi connectivity index (χ3v) is 1.82. The fourth-order valence-corrected chi connectivity index (χ4v) is 1.21. The molecule has 0 spiro atoms. The zero-order chi connectivity index (χ0) is 9.68. The van der Waals surface area contributed by atoms with Gasteiger partial charge in [-0.2, -0.15) is 5.26 Å². The average molecular weight is 177 g/mol. The Kier molecular flexibility index (Phi) is 3.45. The lowest BCUT2D eigenvalue weighted by Gasteiger charge is -2.02. The molecule has 1 nitrogen and oxygen atoms in total. The lowest BCUT2D eigenvalue weighted by atomic mass is 10.1. The van der Waals surface area contributed by atoms with Crippen LogP contribution in [-0.2, 0) is 12.8 Å².